The van der Waals surface area contributed by atoms with Gasteiger partial charge in [0.1, 0.15) is 11.6 Å². The van der Waals surface area contributed by atoms with Crippen LogP contribution in [0.1, 0.15) is 34.9 Å². The van der Waals surface area contributed by atoms with Gasteiger partial charge in [0.15, 0.2) is 5.82 Å². The first-order valence-electron chi connectivity index (χ1n) is 8.33. The lowest BCUT2D eigenvalue weighted by Crippen LogP contribution is -2.13. The van der Waals surface area contributed by atoms with Gasteiger partial charge in [0.2, 0.25) is 0 Å². The number of halogens is 2. The van der Waals surface area contributed by atoms with E-state index >= 15 is 0 Å². The summed E-state index contributed by atoms with van der Waals surface area (Å²) in [6.07, 6.45) is 2.16. The highest BCUT2D eigenvalue weighted by molar-refractivity contribution is 6.34. The first-order chi connectivity index (χ1) is 13.0. The third-order valence-electron chi connectivity index (χ3n) is 4.25. The second-order valence-corrected chi connectivity index (χ2v) is 6.63. The fourth-order valence-electron chi connectivity index (χ4n) is 2.66. The van der Waals surface area contributed by atoms with Crippen molar-refractivity contribution < 1.29 is 18.4 Å². The monoisotopic (exact) mass is 387 g/mol. The van der Waals surface area contributed by atoms with E-state index in [1.165, 1.54) is 19.2 Å². The number of ether oxygens (including phenoxy) is 1. The third-order valence-corrected chi connectivity index (χ3v) is 4.57. The molecule has 0 aliphatic heterocycles. The van der Waals surface area contributed by atoms with Crippen LogP contribution < -0.4 is 10.1 Å². The van der Waals surface area contributed by atoms with Gasteiger partial charge < -0.3 is 14.6 Å². The van der Waals surface area contributed by atoms with E-state index in [0.717, 1.165) is 18.9 Å². The predicted molar refractivity (Wildman–Crippen MR) is 97.6 cm³/mol. The summed E-state index contributed by atoms with van der Waals surface area (Å²) < 4.78 is 23.9. The van der Waals surface area contributed by atoms with E-state index in [-0.39, 0.29) is 11.3 Å². The van der Waals surface area contributed by atoms with Crippen LogP contribution in [0.5, 0.6) is 5.75 Å². The van der Waals surface area contributed by atoms with Crippen LogP contribution in [0.3, 0.4) is 0 Å². The lowest BCUT2D eigenvalue weighted by atomic mass is 10.1. The Morgan fingerprint density at radius 2 is 2.11 bits per heavy atom. The van der Waals surface area contributed by atoms with Crippen LogP contribution >= 0.6 is 11.6 Å². The van der Waals surface area contributed by atoms with Gasteiger partial charge in [-0.3, -0.25) is 4.79 Å². The Hall–Kier alpha value is -2.93. The third kappa shape index (κ3) is 3.64. The van der Waals surface area contributed by atoms with Gasteiger partial charge in [0, 0.05) is 11.5 Å². The second kappa shape index (κ2) is 7.00. The molecule has 6 nitrogen and oxygen atoms in total. The number of carbonyl (C=O) groups excluding carboxylic acids is 1. The van der Waals surface area contributed by atoms with Crippen LogP contribution in [-0.2, 0) is 0 Å². The van der Waals surface area contributed by atoms with Crippen LogP contribution in [0.15, 0.2) is 40.9 Å². The molecule has 0 spiro atoms. The van der Waals surface area contributed by atoms with E-state index in [2.05, 4.69) is 15.5 Å². The van der Waals surface area contributed by atoms with Gasteiger partial charge in [-0.05, 0) is 49.2 Å². The Kier molecular flexibility index (Phi) is 4.53. The molecule has 1 N–H and O–H groups in total. The maximum atomic E-state index is 13.5. The quantitative estimate of drug-likeness (QED) is 0.688. The summed E-state index contributed by atoms with van der Waals surface area (Å²) in [4.78, 5) is 16.9. The highest BCUT2D eigenvalue weighted by Gasteiger charge is 2.29. The van der Waals surface area contributed by atoms with Gasteiger partial charge >= 0.3 is 0 Å². The van der Waals surface area contributed by atoms with E-state index < -0.39 is 11.7 Å². The summed E-state index contributed by atoms with van der Waals surface area (Å²) in [7, 11) is 1.41. The summed E-state index contributed by atoms with van der Waals surface area (Å²) in [6.45, 7) is 0. The van der Waals surface area contributed by atoms with Crippen LogP contribution in [-0.4, -0.2) is 23.2 Å². The molecule has 1 fully saturated rings. The number of carbonyl (C=O) groups is 1. The number of rotatable bonds is 5. The summed E-state index contributed by atoms with van der Waals surface area (Å²) in [5, 5.41) is 6.92. The molecule has 138 valence electrons. The molecule has 0 radical (unpaired) electrons. The Balaban J connectivity index is 1.56. The largest absolute Gasteiger partial charge is 0.496 e. The van der Waals surface area contributed by atoms with Crippen molar-refractivity contribution in [3.63, 3.8) is 0 Å². The van der Waals surface area contributed by atoms with Gasteiger partial charge in [-0.2, -0.15) is 4.98 Å². The zero-order chi connectivity index (χ0) is 19.0. The Morgan fingerprint density at radius 1 is 1.30 bits per heavy atom. The zero-order valence-electron chi connectivity index (χ0n) is 14.3. The maximum absolute atomic E-state index is 13.5. The smallest absolute Gasteiger partial charge is 0.259 e. The summed E-state index contributed by atoms with van der Waals surface area (Å²) in [5.41, 5.74) is 1.10. The topological polar surface area (TPSA) is 77.2 Å². The molecule has 1 saturated carbocycles. The molecule has 8 heteroatoms. The number of anilines is 1. The summed E-state index contributed by atoms with van der Waals surface area (Å²) >= 11 is 6.29. The number of nitrogens with zero attached hydrogens (tertiary/aromatic N) is 2. The molecule has 0 saturated heterocycles. The van der Waals surface area contributed by atoms with E-state index in [0.29, 0.717) is 33.9 Å². The van der Waals surface area contributed by atoms with Crippen LogP contribution in [0.4, 0.5) is 10.1 Å². The van der Waals surface area contributed by atoms with Crippen LogP contribution in [0.25, 0.3) is 11.5 Å². The summed E-state index contributed by atoms with van der Waals surface area (Å²) in [6, 6.07) is 8.69. The number of amides is 1. The van der Waals surface area contributed by atoms with Gasteiger partial charge in [0.25, 0.3) is 11.8 Å². The minimum atomic E-state index is -0.537. The normalized spacial score (nSPS) is 13.4. The van der Waals surface area contributed by atoms with Gasteiger partial charge in [-0.1, -0.05) is 16.8 Å². The highest BCUT2D eigenvalue weighted by Crippen LogP contribution is 2.39. The lowest BCUT2D eigenvalue weighted by molar-refractivity contribution is 0.102. The van der Waals surface area contributed by atoms with Crippen molar-refractivity contribution in [2.45, 2.75) is 18.8 Å². The first-order valence-corrected chi connectivity index (χ1v) is 8.71. The van der Waals surface area contributed by atoms with E-state index in [9.17, 15) is 9.18 Å². The second-order valence-electron chi connectivity index (χ2n) is 6.23. The van der Waals surface area contributed by atoms with Crippen molar-refractivity contribution in [3.8, 4) is 17.2 Å². The highest BCUT2D eigenvalue weighted by atomic mass is 35.5. The number of hydrogen-bond donors (Lipinski definition) is 1. The standard InChI is InChI=1S/C19H15ClFN3O3/c1-26-16-7-5-12(21)9-13(16)18(25)22-15-6-4-11(8-14(15)20)19-23-17(24-27-19)10-2-3-10/h4-10H,2-3H2,1H3,(H,22,25). The molecule has 1 aliphatic carbocycles. The molecule has 4 rings (SSSR count). The van der Waals surface area contributed by atoms with Crippen molar-refractivity contribution in [2.75, 3.05) is 12.4 Å². The molecule has 0 atom stereocenters. The van der Waals surface area contributed by atoms with Crippen molar-refractivity contribution in [3.05, 3.63) is 58.6 Å². The zero-order valence-corrected chi connectivity index (χ0v) is 15.1. The van der Waals surface area contributed by atoms with Gasteiger partial charge in [-0.25, -0.2) is 4.39 Å². The van der Waals surface area contributed by atoms with E-state index in [1.807, 2.05) is 0 Å². The first kappa shape index (κ1) is 17.5. The van der Waals surface area contributed by atoms with Crippen molar-refractivity contribution >= 4 is 23.2 Å². The van der Waals surface area contributed by atoms with Crippen molar-refractivity contribution in [1.29, 1.82) is 0 Å². The molecular formula is C19H15ClFN3O3. The number of methoxy groups -OCH3 is 1. The average Bonchev–Trinajstić information content (AvgIpc) is 3.40. The maximum Gasteiger partial charge on any atom is 0.259 e. The molecule has 1 amide bonds. The minimum absolute atomic E-state index is 0.0728. The fourth-order valence-corrected chi connectivity index (χ4v) is 2.88. The molecule has 3 aromatic rings. The lowest BCUT2D eigenvalue weighted by Gasteiger charge is -2.11. The van der Waals surface area contributed by atoms with Crippen molar-refractivity contribution in [1.82, 2.24) is 10.1 Å². The van der Waals surface area contributed by atoms with Crippen LogP contribution in [0, 0.1) is 5.82 Å². The molecule has 0 unspecified atom stereocenters. The number of benzene rings is 2. The Labute approximate surface area is 159 Å². The van der Waals surface area contributed by atoms with Crippen LogP contribution in [0.2, 0.25) is 5.02 Å². The summed E-state index contributed by atoms with van der Waals surface area (Å²) in [5.74, 6) is 0.665. The molecule has 2 aromatic carbocycles. The predicted octanol–water partition coefficient (Wildman–Crippen LogP) is 4.67. The number of aromatic nitrogens is 2. The average molecular weight is 388 g/mol. The van der Waals surface area contributed by atoms with E-state index in [4.69, 9.17) is 20.9 Å². The van der Waals surface area contributed by atoms with Gasteiger partial charge in [-0.15, -0.1) is 0 Å². The number of nitrogens with one attached hydrogen (secondary N) is 1. The van der Waals surface area contributed by atoms with E-state index in [1.54, 1.807) is 18.2 Å². The SMILES string of the molecule is COc1ccc(F)cc1C(=O)Nc1ccc(-c2nc(C3CC3)no2)cc1Cl. The van der Waals surface area contributed by atoms with Crippen molar-refractivity contribution in [2.24, 2.45) is 0 Å². The minimum Gasteiger partial charge on any atom is -0.496 e. The Morgan fingerprint density at radius 3 is 2.81 bits per heavy atom. The number of hydrogen-bond acceptors (Lipinski definition) is 5. The molecular weight excluding hydrogens is 373 g/mol. The fraction of sp³-hybridized carbons (Fsp3) is 0.211. The molecule has 1 heterocycles. The molecule has 1 aliphatic rings. The molecule has 27 heavy (non-hydrogen) atoms. The Bertz CT molecular complexity index is 1020. The molecule has 0 bridgehead atoms. The van der Waals surface area contributed by atoms with Gasteiger partial charge in [0.05, 0.1) is 23.4 Å². The molecule has 1 aromatic heterocycles.